The van der Waals surface area contributed by atoms with Crippen LogP contribution in [0.1, 0.15) is 51.4 Å². The lowest BCUT2D eigenvalue weighted by Gasteiger charge is -2.05. The van der Waals surface area contributed by atoms with Gasteiger partial charge in [0.15, 0.2) is 0 Å². The van der Waals surface area contributed by atoms with Crippen molar-refractivity contribution in [3.63, 3.8) is 0 Å². The van der Waals surface area contributed by atoms with Gasteiger partial charge in [-0.3, -0.25) is 4.79 Å². The number of fused-ring (bicyclic) bond motifs is 1. The van der Waals surface area contributed by atoms with Gasteiger partial charge in [0, 0.05) is 12.8 Å². The molecule has 24 heavy (non-hydrogen) atoms. The first-order valence-electron chi connectivity index (χ1n) is 8.67. The van der Waals surface area contributed by atoms with E-state index in [2.05, 4.69) is 9.97 Å². The van der Waals surface area contributed by atoms with Gasteiger partial charge in [0.05, 0.1) is 11.0 Å². The maximum Gasteiger partial charge on any atom is 0.246 e. The summed E-state index contributed by atoms with van der Waals surface area (Å²) < 4.78 is 4.94. The quantitative estimate of drug-likeness (QED) is 0.755. The van der Waals surface area contributed by atoms with Crippen LogP contribution in [0.25, 0.3) is 11.0 Å². The van der Waals surface area contributed by atoms with Gasteiger partial charge in [-0.1, -0.05) is 50.1 Å². The van der Waals surface area contributed by atoms with Crippen LogP contribution < -0.4 is 5.73 Å². The zero-order valence-electron chi connectivity index (χ0n) is 14.0. The molecule has 0 aromatic carbocycles. The van der Waals surface area contributed by atoms with Gasteiger partial charge in [0.1, 0.15) is 11.3 Å². The Bertz CT molecular complexity index is 608. The van der Waals surface area contributed by atoms with E-state index in [-0.39, 0.29) is 12.0 Å². The molecular formula is C18H26ClN3O2. The molecule has 0 bridgehead atoms. The molecule has 0 radical (unpaired) electrons. The van der Waals surface area contributed by atoms with Gasteiger partial charge in [0.25, 0.3) is 0 Å². The van der Waals surface area contributed by atoms with E-state index >= 15 is 0 Å². The summed E-state index contributed by atoms with van der Waals surface area (Å²) in [4.78, 5) is 17.4. The maximum absolute atomic E-state index is 10.3. The fraction of sp³-hybridized carbons (Fsp3) is 0.556. The first-order valence-corrected chi connectivity index (χ1v) is 9.05. The SMILES string of the molecule is C1CCCCC1.Clc1ccc2[nH]ccc2n1.NC(=O)[C@@H]1CCCO1. The second-order valence-electron chi connectivity index (χ2n) is 6.07. The van der Waals surface area contributed by atoms with Crippen LogP contribution in [0.4, 0.5) is 0 Å². The first-order chi connectivity index (χ1) is 11.7. The molecule has 1 amide bonds. The fourth-order valence-electron chi connectivity index (χ4n) is 2.77. The van der Waals surface area contributed by atoms with Gasteiger partial charge in [0.2, 0.25) is 5.91 Å². The molecule has 132 valence electrons. The van der Waals surface area contributed by atoms with Gasteiger partial charge < -0.3 is 15.5 Å². The lowest BCUT2D eigenvalue weighted by atomic mass is 10.0. The molecular weight excluding hydrogens is 326 g/mol. The first kappa shape index (κ1) is 18.7. The Labute approximate surface area is 147 Å². The second-order valence-corrected chi connectivity index (χ2v) is 6.46. The fourth-order valence-corrected chi connectivity index (χ4v) is 2.93. The average molecular weight is 352 g/mol. The highest BCUT2D eigenvalue weighted by atomic mass is 35.5. The van der Waals surface area contributed by atoms with Crippen LogP contribution in [0.3, 0.4) is 0 Å². The second kappa shape index (κ2) is 10.3. The summed E-state index contributed by atoms with van der Waals surface area (Å²) in [5, 5.41) is 0.534. The van der Waals surface area contributed by atoms with Crippen molar-refractivity contribution in [3.8, 4) is 0 Å². The van der Waals surface area contributed by atoms with Crippen molar-refractivity contribution in [2.75, 3.05) is 6.61 Å². The van der Waals surface area contributed by atoms with E-state index < -0.39 is 0 Å². The van der Waals surface area contributed by atoms with E-state index in [0.29, 0.717) is 11.8 Å². The zero-order chi connectivity index (χ0) is 17.2. The highest BCUT2D eigenvalue weighted by Crippen LogP contribution is 2.15. The number of aromatic nitrogens is 2. The number of H-pyrrole nitrogens is 1. The highest BCUT2D eigenvalue weighted by Gasteiger charge is 2.19. The summed E-state index contributed by atoms with van der Waals surface area (Å²) in [6.07, 6.45) is 12.3. The number of carbonyl (C=O) groups is 1. The molecule has 1 aliphatic heterocycles. The average Bonchev–Trinajstić information content (AvgIpc) is 3.29. The van der Waals surface area contributed by atoms with Gasteiger partial charge in [-0.2, -0.15) is 0 Å². The van der Waals surface area contributed by atoms with Crippen LogP contribution in [0, 0.1) is 0 Å². The molecule has 6 heteroatoms. The topological polar surface area (TPSA) is 81.0 Å². The summed E-state index contributed by atoms with van der Waals surface area (Å²) in [6, 6.07) is 5.56. The smallest absolute Gasteiger partial charge is 0.246 e. The Morgan fingerprint density at radius 3 is 2.29 bits per heavy atom. The number of rotatable bonds is 1. The molecule has 5 nitrogen and oxygen atoms in total. The minimum atomic E-state index is -0.331. The molecule has 2 aliphatic rings. The van der Waals surface area contributed by atoms with Crippen molar-refractivity contribution >= 4 is 28.5 Å². The lowest BCUT2D eigenvalue weighted by molar-refractivity contribution is -0.126. The van der Waals surface area contributed by atoms with Crippen LogP contribution >= 0.6 is 11.6 Å². The van der Waals surface area contributed by atoms with E-state index in [9.17, 15) is 4.79 Å². The number of primary amides is 1. The number of nitrogens with two attached hydrogens (primary N) is 1. The minimum absolute atomic E-state index is 0.296. The van der Waals surface area contributed by atoms with E-state index in [0.717, 1.165) is 23.9 Å². The van der Waals surface area contributed by atoms with Crippen molar-refractivity contribution in [2.24, 2.45) is 5.73 Å². The van der Waals surface area contributed by atoms with Gasteiger partial charge >= 0.3 is 0 Å². The number of aromatic amines is 1. The number of hydrogen-bond donors (Lipinski definition) is 2. The molecule has 4 rings (SSSR count). The van der Waals surface area contributed by atoms with Crippen LogP contribution in [0.5, 0.6) is 0 Å². The van der Waals surface area contributed by atoms with Crippen molar-refractivity contribution < 1.29 is 9.53 Å². The number of nitrogens with one attached hydrogen (secondary N) is 1. The number of amides is 1. The Kier molecular flexibility index (Phi) is 8.05. The molecule has 1 saturated heterocycles. The summed E-state index contributed by atoms with van der Waals surface area (Å²) in [5.74, 6) is -0.331. The summed E-state index contributed by atoms with van der Waals surface area (Å²) in [7, 11) is 0. The maximum atomic E-state index is 10.3. The largest absolute Gasteiger partial charge is 0.368 e. The third-order valence-corrected chi connectivity index (χ3v) is 4.33. The van der Waals surface area contributed by atoms with Crippen LogP contribution in [0.2, 0.25) is 5.15 Å². The van der Waals surface area contributed by atoms with Crippen molar-refractivity contribution in [3.05, 3.63) is 29.5 Å². The molecule has 0 unspecified atom stereocenters. The number of hydrogen-bond acceptors (Lipinski definition) is 3. The predicted octanol–water partition coefficient (Wildman–Crippen LogP) is 4.21. The number of nitrogens with zero attached hydrogens (tertiary/aromatic N) is 1. The van der Waals surface area contributed by atoms with Crippen molar-refractivity contribution in [1.29, 1.82) is 0 Å². The van der Waals surface area contributed by atoms with Gasteiger partial charge in [-0.15, -0.1) is 0 Å². The molecule has 2 aromatic heterocycles. The van der Waals surface area contributed by atoms with E-state index in [1.807, 2.05) is 18.3 Å². The predicted molar refractivity (Wildman–Crippen MR) is 97.0 cm³/mol. The Morgan fingerprint density at radius 2 is 1.79 bits per heavy atom. The molecule has 3 N–H and O–H groups in total. The van der Waals surface area contributed by atoms with Gasteiger partial charge in [-0.25, -0.2) is 4.98 Å². The van der Waals surface area contributed by atoms with E-state index in [4.69, 9.17) is 22.1 Å². The number of pyridine rings is 1. The standard InChI is InChI=1S/C7H5ClN2.C6H12.C5H9NO2/c8-7-2-1-5-6(10-7)3-4-9-5;1-2-4-6-5-3-1;6-5(7)4-2-1-3-8-4/h1-4,9H;1-6H2;4H,1-3H2,(H2,6,7)/t;;4-/m..0/s1. The summed E-state index contributed by atoms with van der Waals surface area (Å²) in [5.41, 5.74) is 6.86. The van der Waals surface area contributed by atoms with Crippen LogP contribution in [-0.2, 0) is 9.53 Å². The number of halogens is 1. The molecule has 2 aromatic rings. The van der Waals surface area contributed by atoms with Crippen LogP contribution in [-0.4, -0.2) is 28.6 Å². The van der Waals surface area contributed by atoms with Crippen molar-refractivity contribution in [1.82, 2.24) is 9.97 Å². The number of carbonyl (C=O) groups excluding carboxylic acids is 1. The van der Waals surface area contributed by atoms with Gasteiger partial charge in [-0.05, 0) is 31.0 Å². The third-order valence-electron chi connectivity index (χ3n) is 4.12. The number of ether oxygens (including phenoxy) is 1. The van der Waals surface area contributed by atoms with E-state index in [1.54, 1.807) is 6.07 Å². The molecule has 2 fully saturated rings. The molecule has 0 spiro atoms. The summed E-state index contributed by atoms with van der Waals surface area (Å²) >= 11 is 5.65. The Morgan fingerprint density at radius 1 is 1.12 bits per heavy atom. The molecule has 1 saturated carbocycles. The Balaban J connectivity index is 0.000000135. The molecule has 1 aliphatic carbocycles. The van der Waals surface area contributed by atoms with E-state index in [1.165, 1.54) is 38.5 Å². The minimum Gasteiger partial charge on any atom is -0.368 e. The lowest BCUT2D eigenvalue weighted by Crippen LogP contribution is -2.27. The highest BCUT2D eigenvalue weighted by molar-refractivity contribution is 6.29. The molecule has 3 heterocycles. The third kappa shape index (κ3) is 6.49. The normalized spacial score (nSPS) is 19.8. The van der Waals surface area contributed by atoms with Crippen molar-refractivity contribution in [2.45, 2.75) is 57.5 Å². The molecule has 1 atom stereocenters. The zero-order valence-corrected chi connectivity index (χ0v) is 14.7. The van der Waals surface area contributed by atoms with Crippen LogP contribution in [0.15, 0.2) is 24.4 Å². The monoisotopic (exact) mass is 351 g/mol. The summed E-state index contributed by atoms with van der Waals surface area (Å²) in [6.45, 7) is 0.688. The Hall–Kier alpha value is -1.59.